The summed E-state index contributed by atoms with van der Waals surface area (Å²) in [6.45, 7) is 12.9. The molecule has 2 aliphatic carbocycles. The quantitative estimate of drug-likeness (QED) is 0.0245. The number of unbranched alkanes of at least 4 members (excludes halogenated alkanes) is 10. The molecule has 12 nitrogen and oxygen atoms in total. The van der Waals surface area contributed by atoms with E-state index in [9.17, 15) is 20.3 Å². The molecule has 0 spiro atoms. The molecule has 3 aliphatic rings. The van der Waals surface area contributed by atoms with Crippen LogP contribution in [0.1, 0.15) is 154 Å². The van der Waals surface area contributed by atoms with Crippen LogP contribution in [-0.4, -0.2) is 68.9 Å². The number of non-ortho nitro benzene ring substituents is 1. The molecular formula is C60H79N3O9. The first-order valence-electron chi connectivity index (χ1n) is 26.9. The van der Waals surface area contributed by atoms with Crippen LogP contribution in [0.5, 0.6) is 17.2 Å². The molecule has 2 N–H and O–H groups in total. The number of hydrogen-bond donors (Lipinski definition) is 2. The van der Waals surface area contributed by atoms with Crippen molar-refractivity contribution < 1.29 is 39.0 Å². The Balaban J connectivity index is 1.41. The number of amides is 1. The Morgan fingerprint density at radius 3 is 2.29 bits per heavy atom. The minimum Gasteiger partial charge on any atom is -0.459 e. The fourth-order valence-corrected chi connectivity index (χ4v) is 11.4. The third kappa shape index (κ3) is 13.3. The highest BCUT2D eigenvalue weighted by Crippen LogP contribution is 2.62. The van der Waals surface area contributed by atoms with Crippen LogP contribution in [0, 0.1) is 27.9 Å². The van der Waals surface area contributed by atoms with E-state index in [1.807, 2.05) is 56.0 Å². The number of rotatable bonds is 28. The zero-order valence-corrected chi connectivity index (χ0v) is 43.3. The number of aliphatic hydroxyl groups excluding tert-OH is 2. The number of carbonyl (C=O) groups is 1. The maximum Gasteiger partial charge on any atom is 0.273 e. The second-order valence-electron chi connectivity index (χ2n) is 21.1. The zero-order valence-electron chi connectivity index (χ0n) is 43.3. The lowest BCUT2D eigenvalue weighted by atomic mass is 9.55. The van der Waals surface area contributed by atoms with Crippen molar-refractivity contribution in [2.45, 2.75) is 167 Å². The molecular weight excluding hydrogens is 907 g/mol. The summed E-state index contributed by atoms with van der Waals surface area (Å²) in [5, 5.41) is 39.2. The van der Waals surface area contributed by atoms with E-state index in [2.05, 4.69) is 49.9 Å². The molecule has 1 heterocycles. The highest BCUT2D eigenvalue weighted by atomic mass is 16.7. The van der Waals surface area contributed by atoms with E-state index in [1.54, 1.807) is 18.2 Å². The van der Waals surface area contributed by atoms with Crippen LogP contribution in [0.15, 0.2) is 114 Å². The third-order valence-corrected chi connectivity index (χ3v) is 14.7. The van der Waals surface area contributed by atoms with Gasteiger partial charge in [-0.15, -0.1) is 6.58 Å². The molecule has 0 bridgehead atoms. The number of carbonyl (C=O) groups excluding carboxylic acids is 1. The number of fused-ring (bicyclic) bond motifs is 3. The summed E-state index contributed by atoms with van der Waals surface area (Å²) in [5.74, 6) is -0.757. The molecule has 1 saturated carbocycles. The summed E-state index contributed by atoms with van der Waals surface area (Å²) >= 11 is 0. The fourth-order valence-electron chi connectivity index (χ4n) is 11.4. The first-order chi connectivity index (χ1) is 34.9. The number of oxime groups is 1. The molecule has 7 rings (SSSR count). The van der Waals surface area contributed by atoms with Gasteiger partial charge in [0, 0.05) is 50.1 Å². The maximum atomic E-state index is 15.5. The summed E-state index contributed by atoms with van der Waals surface area (Å²) in [4.78, 5) is 35.3. The highest BCUT2D eigenvalue weighted by Gasteiger charge is 2.65. The van der Waals surface area contributed by atoms with Crippen LogP contribution in [0.25, 0.3) is 10.8 Å². The molecule has 4 aromatic rings. The van der Waals surface area contributed by atoms with Gasteiger partial charge in [0.1, 0.15) is 28.9 Å². The smallest absolute Gasteiger partial charge is 0.273 e. The van der Waals surface area contributed by atoms with E-state index in [0.717, 1.165) is 84.6 Å². The second kappa shape index (κ2) is 25.9. The molecule has 0 aromatic heterocycles. The summed E-state index contributed by atoms with van der Waals surface area (Å²) in [7, 11) is 0. The van der Waals surface area contributed by atoms with E-state index in [0.29, 0.717) is 49.5 Å². The lowest BCUT2D eigenvalue weighted by Crippen LogP contribution is -2.70. The van der Waals surface area contributed by atoms with Crippen LogP contribution in [-0.2, 0) is 20.9 Å². The van der Waals surface area contributed by atoms with E-state index >= 15 is 4.79 Å². The predicted octanol–water partition coefficient (Wildman–Crippen LogP) is 13.9. The van der Waals surface area contributed by atoms with Gasteiger partial charge in [0.25, 0.3) is 5.69 Å². The van der Waals surface area contributed by atoms with Gasteiger partial charge in [0.15, 0.2) is 0 Å². The summed E-state index contributed by atoms with van der Waals surface area (Å²) < 4.78 is 21.3. The molecule has 1 amide bonds. The summed E-state index contributed by atoms with van der Waals surface area (Å²) in [6, 6.07) is 25.8. The topological polar surface area (TPSA) is 153 Å². The Labute approximate surface area is 427 Å². The number of benzene rings is 4. The van der Waals surface area contributed by atoms with E-state index in [-0.39, 0.29) is 49.2 Å². The van der Waals surface area contributed by atoms with Gasteiger partial charge >= 0.3 is 0 Å². The first-order valence-corrected chi connectivity index (χ1v) is 26.9. The normalized spacial score (nSPS) is 21.8. The minimum absolute atomic E-state index is 0.000799. The van der Waals surface area contributed by atoms with Gasteiger partial charge in [-0.05, 0) is 111 Å². The Morgan fingerprint density at radius 1 is 0.875 bits per heavy atom. The number of nitrogens with zero attached hydrogens (tertiary/aromatic N) is 3. The number of hydrogen-bond acceptors (Lipinski definition) is 10. The Kier molecular flexibility index (Phi) is 19.5. The van der Waals surface area contributed by atoms with Gasteiger partial charge in [-0.1, -0.05) is 137 Å². The maximum absolute atomic E-state index is 15.5. The minimum atomic E-state index is -1.44. The van der Waals surface area contributed by atoms with Crippen molar-refractivity contribution in [3.8, 4) is 17.2 Å². The summed E-state index contributed by atoms with van der Waals surface area (Å²) in [5.41, 5.74) is 2.89. The van der Waals surface area contributed by atoms with Crippen LogP contribution in [0.3, 0.4) is 0 Å². The van der Waals surface area contributed by atoms with Crippen molar-refractivity contribution in [1.29, 1.82) is 0 Å². The molecule has 388 valence electrons. The van der Waals surface area contributed by atoms with Crippen LogP contribution in [0.4, 0.5) is 5.69 Å². The standard InChI is InChI=1S/C60H79N3O9/c1-6-8-9-10-11-12-13-14-15-32-56(66)62(42-45-27-22-26-43-24-16-17-30-49(43)45)55-41-53(61-72-59(3,4)5)51-38-44(25-18-20-35-64)50(31-19-21-36-65)57-52-40-48(70-47-29-23-28-46(39-47)63(67)68)33-34-54(52)71-60(55,58(51)57)69-37-7-2/h7,16-17,22-24,26-30,33-34,38-40,44,50,55,57-58,64-65H,2,6,8-15,18-21,25,31-32,35-37,41-42H2,1,3-5H3. The molecule has 4 aromatic carbocycles. The van der Waals surface area contributed by atoms with Gasteiger partial charge < -0.3 is 34.2 Å². The lowest BCUT2D eigenvalue weighted by molar-refractivity contribution is -0.384. The number of allylic oxidation sites excluding steroid dienone is 1. The van der Waals surface area contributed by atoms with Gasteiger partial charge in [-0.3, -0.25) is 14.9 Å². The molecule has 6 atom stereocenters. The Morgan fingerprint density at radius 2 is 1.57 bits per heavy atom. The van der Waals surface area contributed by atoms with E-state index in [1.165, 1.54) is 44.2 Å². The molecule has 1 fully saturated rings. The van der Waals surface area contributed by atoms with Gasteiger partial charge in [-0.2, -0.15) is 0 Å². The van der Waals surface area contributed by atoms with E-state index < -0.39 is 28.3 Å². The van der Waals surface area contributed by atoms with Crippen molar-refractivity contribution >= 4 is 28.1 Å². The molecule has 0 saturated heterocycles. The third-order valence-electron chi connectivity index (χ3n) is 14.7. The van der Waals surface area contributed by atoms with Crippen molar-refractivity contribution in [1.82, 2.24) is 4.90 Å². The van der Waals surface area contributed by atoms with Crippen molar-refractivity contribution in [2.24, 2.45) is 22.9 Å². The zero-order chi connectivity index (χ0) is 51.1. The number of ether oxygens (including phenoxy) is 3. The van der Waals surface area contributed by atoms with Crippen molar-refractivity contribution in [3.05, 3.63) is 130 Å². The van der Waals surface area contributed by atoms with Gasteiger partial charge in [-0.25, -0.2) is 0 Å². The van der Waals surface area contributed by atoms with Gasteiger partial charge in [0.05, 0.1) is 29.2 Å². The lowest BCUT2D eigenvalue weighted by Gasteiger charge is -2.60. The van der Waals surface area contributed by atoms with E-state index in [4.69, 9.17) is 24.2 Å². The largest absolute Gasteiger partial charge is 0.459 e. The average Bonchev–Trinajstić information content (AvgIpc) is 3.37. The van der Waals surface area contributed by atoms with Crippen LogP contribution in [0.2, 0.25) is 0 Å². The predicted molar refractivity (Wildman–Crippen MR) is 285 cm³/mol. The van der Waals surface area contributed by atoms with Crippen molar-refractivity contribution in [3.63, 3.8) is 0 Å². The number of aliphatic hydroxyl groups is 2. The molecule has 0 radical (unpaired) electrons. The molecule has 72 heavy (non-hydrogen) atoms. The first kappa shape index (κ1) is 54.2. The second-order valence-corrected chi connectivity index (χ2v) is 21.1. The average molecular weight is 986 g/mol. The van der Waals surface area contributed by atoms with Crippen LogP contribution >= 0.6 is 0 Å². The summed E-state index contributed by atoms with van der Waals surface area (Å²) in [6.07, 6.45) is 19.4. The van der Waals surface area contributed by atoms with Crippen molar-refractivity contribution in [2.75, 3.05) is 19.8 Å². The fraction of sp³-hybridized carbons (Fsp3) is 0.533. The Bertz CT molecular complexity index is 2490. The SMILES string of the molecule is C=CCOC12Oc3ccc(Oc4cccc([N+](=O)[O-])c4)cc3C3C(CCCCO)C(CCCCO)C=C(C(=NOC(C)(C)C)CC1N(Cc1cccc4ccccc14)C(=O)CCCCCCCCCCC)C32. The van der Waals surface area contributed by atoms with Gasteiger partial charge in [0.2, 0.25) is 11.7 Å². The number of nitro benzene ring substituents is 1. The molecule has 1 aliphatic heterocycles. The monoisotopic (exact) mass is 986 g/mol. The highest BCUT2D eigenvalue weighted by molar-refractivity contribution is 6.03. The van der Waals surface area contributed by atoms with Crippen LogP contribution < -0.4 is 9.47 Å². The molecule has 12 heteroatoms. The molecule has 6 unspecified atom stereocenters. The Hall–Kier alpha value is -5.56. The number of nitro groups is 1.